The van der Waals surface area contributed by atoms with Crippen molar-refractivity contribution >= 4 is 27.2 Å². The SMILES string of the molecule is N#CC(C#N)=NNc1ccc(S(=O)(=O)O)cc1[N+](=O)[O-]. The van der Waals surface area contributed by atoms with Gasteiger partial charge in [0.25, 0.3) is 15.8 Å². The number of anilines is 1. The van der Waals surface area contributed by atoms with Gasteiger partial charge in [0.05, 0.1) is 4.92 Å². The van der Waals surface area contributed by atoms with E-state index < -0.39 is 31.3 Å². The van der Waals surface area contributed by atoms with Crippen molar-refractivity contribution < 1.29 is 17.9 Å². The van der Waals surface area contributed by atoms with Crippen LogP contribution in [0.4, 0.5) is 11.4 Å². The Labute approximate surface area is 112 Å². The third-order valence-corrected chi connectivity index (χ3v) is 2.81. The summed E-state index contributed by atoms with van der Waals surface area (Å²) in [6.45, 7) is 0. The summed E-state index contributed by atoms with van der Waals surface area (Å²) in [7, 11) is -4.59. The molecular weight excluding hydrogens is 290 g/mol. The zero-order chi connectivity index (χ0) is 15.3. The monoisotopic (exact) mass is 295 g/mol. The molecule has 10 nitrogen and oxygen atoms in total. The zero-order valence-electron chi connectivity index (χ0n) is 9.51. The van der Waals surface area contributed by atoms with Crippen LogP contribution in [-0.2, 0) is 10.1 Å². The molecule has 0 aliphatic rings. The molecule has 2 N–H and O–H groups in total. The van der Waals surface area contributed by atoms with Crippen molar-refractivity contribution in [1.29, 1.82) is 10.5 Å². The van der Waals surface area contributed by atoms with E-state index in [1.54, 1.807) is 0 Å². The molecule has 0 atom stereocenters. The molecular formula is C9H5N5O5S. The van der Waals surface area contributed by atoms with Crippen molar-refractivity contribution in [3.05, 3.63) is 28.3 Å². The number of benzene rings is 1. The number of hydrogen-bond donors (Lipinski definition) is 2. The smallest absolute Gasteiger partial charge is 0.282 e. The molecule has 0 aliphatic heterocycles. The predicted molar refractivity (Wildman–Crippen MR) is 65.2 cm³/mol. The van der Waals surface area contributed by atoms with E-state index in [1.807, 2.05) is 0 Å². The van der Waals surface area contributed by atoms with Crippen molar-refractivity contribution in [2.75, 3.05) is 5.43 Å². The predicted octanol–water partition coefficient (Wildman–Crippen LogP) is 0.657. The zero-order valence-corrected chi connectivity index (χ0v) is 10.3. The first kappa shape index (κ1) is 15.0. The molecule has 102 valence electrons. The molecule has 0 radical (unpaired) electrons. The van der Waals surface area contributed by atoms with Crippen LogP contribution in [0.1, 0.15) is 0 Å². The van der Waals surface area contributed by atoms with Gasteiger partial charge in [-0.1, -0.05) is 0 Å². The molecule has 0 unspecified atom stereocenters. The Morgan fingerprint density at radius 2 is 2.00 bits per heavy atom. The van der Waals surface area contributed by atoms with E-state index in [0.29, 0.717) is 6.07 Å². The second kappa shape index (κ2) is 5.75. The lowest BCUT2D eigenvalue weighted by Gasteiger charge is -2.03. The maximum atomic E-state index is 10.9. The fraction of sp³-hybridized carbons (Fsp3) is 0. The van der Waals surface area contributed by atoms with Gasteiger partial charge in [0.15, 0.2) is 0 Å². The van der Waals surface area contributed by atoms with E-state index in [-0.39, 0.29) is 5.69 Å². The quantitative estimate of drug-likeness (QED) is 0.353. The van der Waals surface area contributed by atoms with Crippen LogP contribution in [0.25, 0.3) is 0 Å². The number of nitrogens with zero attached hydrogens (tertiary/aromatic N) is 4. The van der Waals surface area contributed by atoms with Crippen molar-refractivity contribution in [2.45, 2.75) is 4.90 Å². The molecule has 0 aromatic heterocycles. The maximum Gasteiger partial charge on any atom is 0.295 e. The summed E-state index contributed by atoms with van der Waals surface area (Å²) in [6.07, 6.45) is 0. The van der Waals surface area contributed by atoms with Gasteiger partial charge in [-0.25, -0.2) is 0 Å². The van der Waals surface area contributed by atoms with Gasteiger partial charge in [-0.15, -0.1) is 0 Å². The van der Waals surface area contributed by atoms with E-state index in [9.17, 15) is 18.5 Å². The van der Waals surface area contributed by atoms with Gasteiger partial charge in [-0.3, -0.25) is 20.1 Å². The first-order valence-corrected chi connectivity index (χ1v) is 6.13. The molecule has 0 aliphatic carbocycles. The van der Waals surface area contributed by atoms with Crippen LogP contribution in [0.2, 0.25) is 0 Å². The average molecular weight is 295 g/mol. The van der Waals surface area contributed by atoms with E-state index in [1.165, 1.54) is 12.1 Å². The lowest BCUT2D eigenvalue weighted by Crippen LogP contribution is -2.03. The Balaban J connectivity index is 3.30. The highest BCUT2D eigenvalue weighted by Crippen LogP contribution is 2.27. The highest BCUT2D eigenvalue weighted by Gasteiger charge is 2.19. The van der Waals surface area contributed by atoms with Gasteiger partial charge in [-0.2, -0.15) is 24.0 Å². The minimum atomic E-state index is -4.59. The largest absolute Gasteiger partial charge is 0.295 e. The molecule has 0 spiro atoms. The van der Waals surface area contributed by atoms with E-state index in [4.69, 9.17) is 15.1 Å². The Morgan fingerprint density at radius 1 is 1.40 bits per heavy atom. The molecule has 0 saturated heterocycles. The average Bonchev–Trinajstić information content (AvgIpc) is 2.38. The molecule has 20 heavy (non-hydrogen) atoms. The van der Waals surface area contributed by atoms with Gasteiger partial charge in [-0.05, 0) is 12.1 Å². The first-order chi connectivity index (χ1) is 9.29. The van der Waals surface area contributed by atoms with E-state index in [2.05, 4.69) is 10.5 Å². The van der Waals surface area contributed by atoms with Crippen LogP contribution in [-0.4, -0.2) is 23.6 Å². The highest BCUT2D eigenvalue weighted by molar-refractivity contribution is 7.85. The molecule has 1 aromatic carbocycles. The van der Waals surface area contributed by atoms with Gasteiger partial charge in [0.2, 0.25) is 5.71 Å². The standard InChI is InChI=1S/C9H5N5O5S/c10-4-6(5-11)12-13-8-2-1-7(20(17,18)19)3-9(8)14(15)16/h1-3,13H,(H,17,18,19). The third kappa shape index (κ3) is 3.49. The molecule has 0 fully saturated rings. The number of hydrazone groups is 1. The van der Waals surface area contributed by atoms with Crippen LogP contribution in [0.3, 0.4) is 0 Å². The number of nitro benzene ring substituents is 1. The topological polar surface area (TPSA) is 169 Å². The molecule has 0 heterocycles. The van der Waals surface area contributed by atoms with Crippen molar-refractivity contribution in [3.8, 4) is 12.1 Å². The van der Waals surface area contributed by atoms with E-state index >= 15 is 0 Å². The number of nitriles is 2. The summed E-state index contributed by atoms with van der Waals surface area (Å²) in [5.41, 5.74) is 0.589. The van der Waals surface area contributed by atoms with Crippen molar-refractivity contribution in [1.82, 2.24) is 0 Å². The molecule has 1 rings (SSSR count). The summed E-state index contributed by atoms with van der Waals surface area (Å²) in [5.74, 6) is 0. The Bertz CT molecular complexity index is 755. The molecule has 11 heteroatoms. The Kier molecular flexibility index (Phi) is 4.32. The van der Waals surface area contributed by atoms with Crippen LogP contribution in [0.5, 0.6) is 0 Å². The van der Waals surface area contributed by atoms with Crippen LogP contribution in [0, 0.1) is 32.8 Å². The number of nitrogens with one attached hydrogen (secondary N) is 1. The van der Waals surface area contributed by atoms with E-state index in [0.717, 1.165) is 12.1 Å². The normalized spacial score (nSPS) is 9.95. The van der Waals surface area contributed by atoms with Gasteiger partial charge in [0, 0.05) is 6.07 Å². The van der Waals surface area contributed by atoms with Crippen LogP contribution < -0.4 is 5.43 Å². The molecule has 0 amide bonds. The van der Waals surface area contributed by atoms with Crippen LogP contribution >= 0.6 is 0 Å². The molecule has 0 bridgehead atoms. The van der Waals surface area contributed by atoms with Crippen molar-refractivity contribution in [2.24, 2.45) is 5.10 Å². The van der Waals surface area contributed by atoms with Gasteiger partial charge < -0.3 is 0 Å². The highest BCUT2D eigenvalue weighted by atomic mass is 32.2. The second-order valence-electron chi connectivity index (χ2n) is 3.21. The summed E-state index contributed by atoms with van der Waals surface area (Å²) in [5, 5.41) is 31.0. The van der Waals surface area contributed by atoms with Crippen LogP contribution in [0.15, 0.2) is 28.2 Å². The number of hydrogen-bond acceptors (Lipinski definition) is 8. The Hall–Kier alpha value is -3.02. The fourth-order valence-corrected chi connectivity index (χ4v) is 1.61. The summed E-state index contributed by atoms with van der Waals surface area (Å²) >= 11 is 0. The van der Waals surface area contributed by atoms with Crippen molar-refractivity contribution in [3.63, 3.8) is 0 Å². The molecule has 0 saturated carbocycles. The Morgan fingerprint density at radius 3 is 2.45 bits per heavy atom. The first-order valence-electron chi connectivity index (χ1n) is 4.69. The summed E-state index contributed by atoms with van der Waals surface area (Å²) in [6, 6.07) is 5.34. The summed E-state index contributed by atoms with van der Waals surface area (Å²) in [4.78, 5) is 9.22. The lowest BCUT2D eigenvalue weighted by molar-refractivity contribution is -0.384. The third-order valence-electron chi connectivity index (χ3n) is 1.96. The maximum absolute atomic E-state index is 10.9. The van der Waals surface area contributed by atoms with Gasteiger partial charge >= 0.3 is 0 Å². The van der Waals surface area contributed by atoms with Gasteiger partial charge in [0.1, 0.15) is 22.7 Å². The lowest BCUT2D eigenvalue weighted by atomic mass is 10.3. The fourth-order valence-electron chi connectivity index (χ4n) is 1.11. The minimum Gasteiger partial charge on any atom is -0.282 e. The number of rotatable bonds is 4. The number of nitro groups is 1. The second-order valence-corrected chi connectivity index (χ2v) is 4.63. The molecule has 1 aromatic rings. The summed E-state index contributed by atoms with van der Waals surface area (Å²) < 4.78 is 30.5. The minimum absolute atomic E-state index is 0.245.